The third-order valence-electron chi connectivity index (χ3n) is 4.10. The third kappa shape index (κ3) is 12.0. The normalized spacial score (nSPS) is 14.3. The smallest absolute Gasteiger partial charge is 0.326 e. The van der Waals surface area contributed by atoms with Gasteiger partial charge in [-0.25, -0.2) is 4.79 Å². The second kappa shape index (κ2) is 13.6. The molecule has 0 aliphatic rings. The summed E-state index contributed by atoms with van der Waals surface area (Å²) in [5.41, 5.74) is 10.5. The highest BCUT2D eigenvalue weighted by Crippen LogP contribution is 2.07. The third-order valence-corrected chi connectivity index (χ3v) is 4.10. The number of nitrogens with two attached hydrogens (primary N) is 2. The largest absolute Gasteiger partial charge is 0.481 e. The standard InChI is InChI=1S/C18H29N5O10/c1-7(2)3-9(16(30)23-11(18(32)33)6-14(27)28)22-17(31)10(5-12(20)24)21-15(29)8(19)4-13(25)26/h7-11H,3-6,19H2,1-2H3,(H2,20,24)(H,21,29)(H,22,31)(H,23,30)(H,25,26)(H,27,28)(H,32,33). The van der Waals surface area contributed by atoms with Crippen molar-refractivity contribution in [1.29, 1.82) is 0 Å². The van der Waals surface area contributed by atoms with Gasteiger partial charge < -0.3 is 42.7 Å². The van der Waals surface area contributed by atoms with Crippen LogP contribution in [-0.4, -0.2) is 81.0 Å². The Hall–Kier alpha value is -3.75. The molecule has 15 heteroatoms. The number of amides is 4. The quantitative estimate of drug-likeness (QED) is 0.116. The van der Waals surface area contributed by atoms with Crippen LogP contribution in [-0.2, 0) is 33.6 Å². The van der Waals surface area contributed by atoms with Crippen LogP contribution in [0.5, 0.6) is 0 Å². The maximum Gasteiger partial charge on any atom is 0.326 e. The summed E-state index contributed by atoms with van der Waals surface area (Å²) in [5.74, 6) is -8.77. The lowest BCUT2D eigenvalue weighted by molar-refractivity contribution is -0.147. The Morgan fingerprint density at radius 3 is 1.58 bits per heavy atom. The molecular formula is C18H29N5O10. The molecule has 0 aliphatic carbocycles. The Labute approximate surface area is 188 Å². The lowest BCUT2D eigenvalue weighted by Gasteiger charge is -2.25. The number of carboxylic acid groups (broad SMARTS) is 3. The summed E-state index contributed by atoms with van der Waals surface area (Å²) in [7, 11) is 0. The first-order valence-electron chi connectivity index (χ1n) is 9.75. The number of hydrogen-bond donors (Lipinski definition) is 8. The molecule has 0 aromatic heterocycles. The number of carboxylic acids is 3. The Kier molecular flexibility index (Phi) is 12.1. The monoisotopic (exact) mass is 475 g/mol. The van der Waals surface area contributed by atoms with Crippen LogP contribution in [0.4, 0.5) is 0 Å². The molecule has 0 rings (SSSR count). The SMILES string of the molecule is CC(C)CC(NC(=O)C(CC(N)=O)NC(=O)C(N)CC(=O)O)C(=O)NC(CC(=O)O)C(=O)O. The minimum Gasteiger partial charge on any atom is -0.481 e. The zero-order valence-electron chi connectivity index (χ0n) is 18.1. The molecule has 0 aromatic rings. The molecule has 33 heavy (non-hydrogen) atoms. The van der Waals surface area contributed by atoms with Gasteiger partial charge in [0.25, 0.3) is 0 Å². The first kappa shape index (κ1) is 29.2. The molecule has 0 aliphatic heterocycles. The maximum atomic E-state index is 12.7. The van der Waals surface area contributed by atoms with Crippen LogP contribution >= 0.6 is 0 Å². The van der Waals surface area contributed by atoms with Gasteiger partial charge in [0.05, 0.1) is 25.3 Å². The van der Waals surface area contributed by atoms with Gasteiger partial charge in [0.15, 0.2) is 0 Å². The first-order chi connectivity index (χ1) is 15.1. The molecular weight excluding hydrogens is 446 g/mol. The molecule has 4 unspecified atom stereocenters. The predicted octanol–water partition coefficient (Wildman–Crippen LogP) is -3.28. The molecule has 15 nitrogen and oxygen atoms in total. The minimum absolute atomic E-state index is 0.00719. The van der Waals surface area contributed by atoms with Gasteiger partial charge in [0, 0.05) is 0 Å². The van der Waals surface area contributed by atoms with Crippen LogP contribution in [0.25, 0.3) is 0 Å². The summed E-state index contributed by atoms with van der Waals surface area (Å²) in [6.45, 7) is 3.37. The number of rotatable bonds is 15. The lowest BCUT2D eigenvalue weighted by Crippen LogP contribution is -2.58. The summed E-state index contributed by atoms with van der Waals surface area (Å²) in [5, 5.41) is 33.0. The molecule has 0 aromatic carbocycles. The van der Waals surface area contributed by atoms with Gasteiger partial charge in [-0.2, -0.15) is 0 Å². The fourth-order valence-electron chi connectivity index (χ4n) is 2.59. The summed E-state index contributed by atoms with van der Waals surface area (Å²) < 4.78 is 0. The van der Waals surface area contributed by atoms with Crippen LogP contribution in [0.3, 0.4) is 0 Å². The molecule has 0 spiro atoms. The van der Waals surface area contributed by atoms with Crippen molar-refractivity contribution in [1.82, 2.24) is 16.0 Å². The van der Waals surface area contributed by atoms with Crippen molar-refractivity contribution >= 4 is 41.5 Å². The van der Waals surface area contributed by atoms with Crippen molar-refractivity contribution in [2.45, 2.75) is 63.7 Å². The number of nitrogens with one attached hydrogen (secondary N) is 3. The topological polar surface area (TPSA) is 268 Å². The van der Waals surface area contributed by atoms with Gasteiger partial charge in [-0.15, -0.1) is 0 Å². The number of carbonyl (C=O) groups is 7. The summed E-state index contributed by atoms with van der Waals surface area (Å²) in [6.07, 6.45) is -2.38. The number of carbonyl (C=O) groups excluding carboxylic acids is 4. The van der Waals surface area contributed by atoms with Crippen LogP contribution in [0.15, 0.2) is 0 Å². The number of aliphatic carboxylic acids is 3. The zero-order chi connectivity index (χ0) is 25.9. The molecule has 10 N–H and O–H groups in total. The second-order valence-electron chi connectivity index (χ2n) is 7.62. The van der Waals surface area contributed by atoms with E-state index in [-0.39, 0.29) is 12.3 Å². The molecule has 0 saturated carbocycles. The zero-order valence-corrected chi connectivity index (χ0v) is 18.1. The van der Waals surface area contributed by atoms with Crippen molar-refractivity contribution in [2.24, 2.45) is 17.4 Å². The van der Waals surface area contributed by atoms with E-state index in [1.165, 1.54) is 0 Å². The van der Waals surface area contributed by atoms with Crippen LogP contribution in [0, 0.1) is 5.92 Å². The molecule has 4 atom stereocenters. The molecule has 0 heterocycles. The maximum absolute atomic E-state index is 12.7. The molecule has 4 amide bonds. The van der Waals surface area contributed by atoms with Gasteiger partial charge >= 0.3 is 17.9 Å². The highest BCUT2D eigenvalue weighted by molar-refractivity contribution is 5.97. The molecule has 186 valence electrons. The van der Waals surface area contributed by atoms with Crippen molar-refractivity contribution in [3.05, 3.63) is 0 Å². The van der Waals surface area contributed by atoms with Gasteiger partial charge in [-0.3, -0.25) is 28.8 Å². The summed E-state index contributed by atoms with van der Waals surface area (Å²) in [6, 6.07) is -6.26. The van der Waals surface area contributed by atoms with Crippen molar-refractivity contribution in [3.63, 3.8) is 0 Å². The van der Waals surface area contributed by atoms with Gasteiger partial charge in [0.2, 0.25) is 23.6 Å². The van der Waals surface area contributed by atoms with E-state index >= 15 is 0 Å². The summed E-state index contributed by atoms with van der Waals surface area (Å²) in [4.78, 5) is 81.4. The molecule has 0 bridgehead atoms. The number of primary amides is 1. The average molecular weight is 475 g/mol. The Bertz CT molecular complexity index is 785. The highest BCUT2D eigenvalue weighted by atomic mass is 16.4. The van der Waals surface area contributed by atoms with Crippen molar-refractivity contribution < 1.29 is 48.9 Å². The van der Waals surface area contributed by atoms with E-state index in [1.54, 1.807) is 13.8 Å². The molecule has 0 fully saturated rings. The van der Waals surface area contributed by atoms with Gasteiger partial charge in [-0.05, 0) is 12.3 Å². The summed E-state index contributed by atoms with van der Waals surface area (Å²) >= 11 is 0. The van der Waals surface area contributed by atoms with E-state index in [4.69, 9.17) is 26.8 Å². The Morgan fingerprint density at radius 2 is 1.15 bits per heavy atom. The predicted molar refractivity (Wildman–Crippen MR) is 109 cm³/mol. The van der Waals surface area contributed by atoms with E-state index in [2.05, 4.69) is 10.6 Å². The second-order valence-corrected chi connectivity index (χ2v) is 7.62. The lowest BCUT2D eigenvalue weighted by atomic mass is 10.0. The van der Waals surface area contributed by atoms with E-state index in [1.807, 2.05) is 5.32 Å². The first-order valence-corrected chi connectivity index (χ1v) is 9.75. The number of hydrogen-bond acceptors (Lipinski definition) is 8. The van der Waals surface area contributed by atoms with Crippen LogP contribution in [0.2, 0.25) is 0 Å². The van der Waals surface area contributed by atoms with Crippen molar-refractivity contribution in [3.8, 4) is 0 Å². The van der Waals surface area contributed by atoms with Crippen LogP contribution < -0.4 is 27.4 Å². The van der Waals surface area contributed by atoms with E-state index in [0.29, 0.717) is 0 Å². The minimum atomic E-state index is -1.77. The van der Waals surface area contributed by atoms with Crippen LogP contribution in [0.1, 0.15) is 39.5 Å². The fourth-order valence-corrected chi connectivity index (χ4v) is 2.59. The Balaban J connectivity index is 5.56. The highest BCUT2D eigenvalue weighted by Gasteiger charge is 2.32. The van der Waals surface area contributed by atoms with Gasteiger partial charge in [0.1, 0.15) is 18.1 Å². The van der Waals surface area contributed by atoms with Gasteiger partial charge in [-0.1, -0.05) is 13.8 Å². The average Bonchev–Trinajstić information content (AvgIpc) is 2.64. The van der Waals surface area contributed by atoms with E-state index in [9.17, 15) is 33.6 Å². The fraction of sp³-hybridized carbons (Fsp3) is 0.611. The van der Waals surface area contributed by atoms with Crippen molar-refractivity contribution in [2.75, 3.05) is 0 Å². The molecule has 0 radical (unpaired) electrons. The van der Waals surface area contributed by atoms with E-state index in [0.717, 1.165) is 0 Å². The molecule has 0 saturated heterocycles. The van der Waals surface area contributed by atoms with E-state index < -0.39 is 85.0 Å². The Morgan fingerprint density at radius 1 is 0.697 bits per heavy atom.